The Bertz CT molecular complexity index is 431. The first kappa shape index (κ1) is 12.7. The lowest BCUT2D eigenvalue weighted by molar-refractivity contribution is -0.116. The van der Waals surface area contributed by atoms with Crippen molar-refractivity contribution in [1.82, 2.24) is 5.32 Å². The average molecular weight is 237 g/mol. The fourth-order valence-corrected chi connectivity index (χ4v) is 2.30. The molecule has 86 valence electrons. The van der Waals surface area contributed by atoms with Gasteiger partial charge >= 0.3 is 0 Å². The number of aryl methyl sites for hydroxylation is 1. The van der Waals surface area contributed by atoms with E-state index in [1.54, 1.807) is 7.05 Å². The van der Waals surface area contributed by atoms with E-state index >= 15 is 0 Å². The van der Waals surface area contributed by atoms with Crippen LogP contribution in [-0.2, 0) is 4.79 Å². The van der Waals surface area contributed by atoms with Crippen molar-refractivity contribution in [1.29, 1.82) is 5.26 Å². The maximum absolute atomic E-state index is 11.5. The molecule has 4 nitrogen and oxygen atoms in total. The monoisotopic (exact) mass is 237 g/mol. The molecule has 0 atom stereocenters. The van der Waals surface area contributed by atoms with Crippen LogP contribution in [0.1, 0.15) is 22.4 Å². The predicted octanol–water partition coefficient (Wildman–Crippen LogP) is 1.78. The van der Waals surface area contributed by atoms with E-state index in [0.717, 1.165) is 10.4 Å². The van der Waals surface area contributed by atoms with Gasteiger partial charge in [0, 0.05) is 17.8 Å². The Kier molecular flexibility index (Phi) is 4.47. The molecule has 0 bridgehead atoms. The summed E-state index contributed by atoms with van der Waals surface area (Å²) in [5, 5.41) is 15.3. The van der Waals surface area contributed by atoms with E-state index in [-0.39, 0.29) is 5.91 Å². The zero-order chi connectivity index (χ0) is 12.1. The van der Waals surface area contributed by atoms with E-state index in [4.69, 9.17) is 5.26 Å². The second kappa shape index (κ2) is 5.64. The van der Waals surface area contributed by atoms with Crippen molar-refractivity contribution >= 4 is 22.2 Å². The van der Waals surface area contributed by atoms with E-state index in [1.807, 2.05) is 13.8 Å². The summed E-state index contributed by atoms with van der Waals surface area (Å²) in [6, 6.07) is 2.13. The molecule has 5 heteroatoms. The average Bonchev–Trinajstić information content (AvgIpc) is 2.51. The van der Waals surface area contributed by atoms with Crippen molar-refractivity contribution in [2.24, 2.45) is 0 Å². The second-order valence-corrected chi connectivity index (χ2v) is 4.73. The highest BCUT2D eigenvalue weighted by molar-refractivity contribution is 7.16. The van der Waals surface area contributed by atoms with Crippen LogP contribution >= 0.6 is 11.3 Å². The fraction of sp³-hybridized carbons (Fsp3) is 0.455. The lowest BCUT2D eigenvalue weighted by Gasteiger charge is -2.02. The minimum absolute atomic E-state index is 0.0629. The minimum atomic E-state index is -0.0629. The number of anilines is 1. The van der Waals surface area contributed by atoms with Crippen LogP contribution in [-0.4, -0.2) is 19.5 Å². The molecule has 2 N–H and O–H groups in total. The molecule has 0 fully saturated rings. The number of rotatable bonds is 4. The van der Waals surface area contributed by atoms with Gasteiger partial charge in [0.15, 0.2) is 0 Å². The highest BCUT2D eigenvalue weighted by Crippen LogP contribution is 2.31. The molecule has 1 amide bonds. The first-order valence-electron chi connectivity index (χ1n) is 5.04. The smallest absolute Gasteiger partial charge is 0.226 e. The molecule has 0 spiro atoms. The van der Waals surface area contributed by atoms with Crippen LogP contribution in [0.5, 0.6) is 0 Å². The predicted molar refractivity (Wildman–Crippen MR) is 65.7 cm³/mol. The number of carbonyl (C=O) groups excluding carboxylic acids is 1. The van der Waals surface area contributed by atoms with Crippen molar-refractivity contribution in [3.05, 3.63) is 16.0 Å². The van der Waals surface area contributed by atoms with Gasteiger partial charge < -0.3 is 10.6 Å². The summed E-state index contributed by atoms with van der Waals surface area (Å²) < 4.78 is 0. The lowest BCUT2D eigenvalue weighted by Crippen LogP contribution is -2.18. The summed E-state index contributed by atoms with van der Waals surface area (Å²) in [6.45, 7) is 4.48. The summed E-state index contributed by atoms with van der Waals surface area (Å²) in [6.07, 6.45) is 0.414. The highest BCUT2D eigenvalue weighted by atomic mass is 32.1. The Morgan fingerprint density at radius 3 is 2.75 bits per heavy atom. The Balaban J connectivity index is 2.78. The Morgan fingerprint density at radius 1 is 1.50 bits per heavy atom. The molecule has 0 aliphatic heterocycles. The topological polar surface area (TPSA) is 64.9 Å². The number of carbonyl (C=O) groups is 1. The molecule has 1 aromatic rings. The van der Waals surface area contributed by atoms with Crippen molar-refractivity contribution in [3.8, 4) is 6.07 Å². The summed E-state index contributed by atoms with van der Waals surface area (Å²) >= 11 is 1.45. The van der Waals surface area contributed by atoms with Gasteiger partial charge in [0.2, 0.25) is 5.91 Å². The number of nitriles is 1. The molecule has 0 aromatic carbocycles. The largest absolute Gasteiger partial charge is 0.319 e. The zero-order valence-electron chi connectivity index (χ0n) is 9.68. The number of nitrogens with zero attached hydrogens (tertiary/aromatic N) is 1. The van der Waals surface area contributed by atoms with Crippen LogP contribution in [0.2, 0.25) is 0 Å². The first-order chi connectivity index (χ1) is 7.60. The maximum Gasteiger partial charge on any atom is 0.226 e. The van der Waals surface area contributed by atoms with Crippen molar-refractivity contribution in [2.45, 2.75) is 20.3 Å². The molecular formula is C11H15N3OS. The van der Waals surface area contributed by atoms with E-state index in [9.17, 15) is 4.79 Å². The number of hydrogen-bond donors (Lipinski definition) is 2. The number of amides is 1. The Labute approximate surface area is 99.3 Å². The van der Waals surface area contributed by atoms with E-state index in [0.29, 0.717) is 23.5 Å². The minimum Gasteiger partial charge on any atom is -0.319 e. The molecule has 0 unspecified atom stereocenters. The van der Waals surface area contributed by atoms with Crippen molar-refractivity contribution in [2.75, 3.05) is 18.9 Å². The van der Waals surface area contributed by atoms with Gasteiger partial charge in [0.1, 0.15) is 11.1 Å². The molecule has 1 aromatic heterocycles. The van der Waals surface area contributed by atoms with Crippen LogP contribution in [0.3, 0.4) is 0 Å². The van der Waals surface area contributed by atoms with Gasteiger partial charge in [-0.25, -0.2) is 0 Å². The Morgan fingerprint density at radius 2 is 2.19 bits per heavy atom. The maximum atomic E-state index is 11.5. The molecular weight excluding hydrogens is 222 g/mol. The van der Waals surface area contributed by atoms with E-state index < -0.39 is 0 Å². The molecule has 16 heavy (non-hydrogen) atoms. The highest BCUT2D eigenvalue weighted by Gasteiger charge is 2.13. The summed E-state index contributed by atoms with van der Waals surface area (Å²) in [5.41, 5.74) is 1.54. The van der Waals surface area contributed by atoms with Crippen molar-refractivity contribution < 1.29 is 4.79 Å². The third-order valence-corrected chi connectivity index (χ3v) is 3.47. The van der Waals surface area contributed by atoms with Gasteiger partial charge in [0.25, 0.3) is 0 Å². The zero-order valence-corrected chi connectivity index (χ0v) is 10.5. The molecule has 0 saturated heterocycles. The SMILES string of the molecule is CNCCC(=O)Nc1sc(C)c(C)c1C#N. The number of thiophene rings is 1. The van der Waals surface area contributed by atoms with E-state index in [1.165, 1.54) is 11.3 Å². The van der Waals surface area contributed by atoms with Crippen LogP contribution in [0.25, 0.3) is 0 Å². The summed E-state index contributed by atoms with van der Waals surface area (Å²) in [7, 11) is 1.80. The van der Waals surface area contributed by atoms with Crippen LogP contribution in [0, 0.1) is 25.2 Å². The summed E-state index contributed by atoms with van der Waals surface area (Å²) in [4.78, 5) is 12.6. The lowest BCUT2D eigenvalue weighted by atomic mass is 10.2. The molecule has 0 radical (unpaired) electrons. The Hall–Kier alpha value is -1.38. The first-order valence-corrected chi connectivity index (χ1v) is 5.86. The van der Waals surface area contributed by atoms with Crippen molar-refractivity contribution in [3.63, 3.8) is 0 Å². The molecule has 0 saturated carbocycles. The summed E-state index contributed by atoms with van der Waals surface area (Å²) in [5.74, 6) is -0.0629. The fourth-order valence-electron chi connectivity index (χ4n) is 1.28. The normalized spacial score (nSPS) is 9.88. The molecule has 1 heterocycles. The van der Waals surface area contributed by atoms with Gasteiger partial charge in [-0.05, 0) is 26.5 Å². The second-order valence-electron chi connectivity index (χ2n) is 3.50. The van der Waals surface area contributed by atoms with Crippen LogP contribution < -0.4 is 10.6 Å². The molecule has 0 aliphatic rings. The van der Waals surface area contributed by atoms with Gasteiger partial charge in [-0.15, -0.1) is 11.3 Å². The van der Waals surface area contributed by atoms with Gasteiger partial charge in [0.05, 0.1) is 5.56 Å². The van der Waals surface area contributed by atoms with Gasteiger partial charge in [-0.3, -0.25) is 4.79 Å². The third kappa shape index (κ3) is 2.81. The third-order valence-electron chi connectivity index (χ3n) is 2.35. The van der Waals surface area contributed by atoms with Gasteiger partial charge in [-0.2, -0.15) is 5.26 Å². The number of nitrogens with one attached hydrogen (secondary N) is 2. The van der Waals surface area contributed by atoms with Crippen LogP contribution in [0.15, 0.2) is 0 Å². The quantitative estimate of drug-likeness (QED) is 0.839. The number of hydrogen-bond acceptors (Lipinski definition) is 4. The van der Waals surface area contributed by atoms with Crippen LogP contribution in [0.4, 0.5) is 5.00 Å². The molecule has 0 aliphatic carbocycles. The molecule has 1 rings (SSSR count). The standard InChI is InChI=1S/C11H15N3OS/c1-7-8(2)16-11(9(7)6-12)14-10(15)4-5-13-3/h13H,4-5H2,1-3H3,(H,14,15). The van der Waals surface area contributed by atoms with E-state index in [2.05, 4.69) is 16.7 Å². The van der Waals surface area contributed by atoms with Gasteiger partial charge in [-0.1, -0.05) is 0 Å².